The van der Waals surface area contributed by atoms with E-state index in [9.17, 15) is 14.7 Å². The maximum atomic E-state index is 11.3. The third-order valence-corrected chi connectivity index (χ3v) is 3.81. The summed E-state index contributed by atoms with van der Waals surface area (Å²) in [6.07, 6.45) is 0.00103. The van der Waals surface area contributed by atoms with Gasteiger partial charge in [0.25, 0.3) is 0 Å². The molecular formula is C14H16N2O4. The van der Waals surface area contributed by atoms with Crippen molar-refractivity contribution in [1.82, 2.24) is 5.32 Å². The number of ether oxygens (including phenoxy) is 1. The first-order valence-electron chi connectivity index (χ1n) is 6.66. The SMILES string of the molecule is O=C1NCC(CN2CCC(C(=O)O)c3ccccc32)O1. The zero-order chi connectivity index (χ0) is 14.1. The Morgan fingerprint density at radius 2 is 2.25 bits per heavy atom. The summed E-state index contributed by atoms with van der Waals surface area (Å²) in [6.45, 7) is 1.74. The molecule has 0 radical (unpaired) electrons. The average molecular weight is 276 g/mol. The van der Waals surface area contributed by atoms with Crippen LogP contribution < -0.4 is 10.2 Å². The highest BCUT2D eigenvalue weighted by molar-refractivity contribution is 5.80. The van der Waals surface area contributed by atoms with Crippen molar-refractivity contribution in [2.24, 2.45) is 0 Å². The van der Waals surface area contributed by atoms with Crippen molar-refractivity contribution in [3.63, 3.8) is 0 Å². The Hall–Kier alpha value is -2.24. The molecule has 0 aliphatic carbocycles. The number of carbonyl (C=O) groups is 2. The molecule has 1 amide bonds. The van der Waals surface area contributed by atoms with E-state index in [-0.39, 0.29) is 12.2 Å². The Morgan fingerprint density at radius 1 is 1.45 bits per heavy atom. The van der Waals surface area contributed by atoms with Gasteiger partial charge in [-0.3, -0.25) is 4.79 Å². The lowest BCUT2D eigenvalue weighted by atomic mass is 9.90. The van der Waals surface area contributed by atoms with Crippen LogP contribution in [0.25, 0.3) is 0 Å². The van der Waals surface area contributed by atoms with Gasteiger partial charge in [0.2, 0.25) is 0 Å². The quantitative estimate of drug-likeness (QED) is 0.866. The molecular weight excluding hydrogens is 260 g/mol. The van der Waals surface area contributed by atoms with Crippen LogP contribution >= 0.6 is 0 Å². The number of cyclic esters (lactones) is 1. The van der Waals surface area contributed by atoms with Crippen LogP contribution in [0.3, 0.4) is 0 Å². The van der Waals surface area contributed by atoms with Gasteiger partial charge < -0.3 is 20.1 Å². The van der Waals surface area contributed by atoms with Gasteiger partial charge in [-0.25, -0.2) is 4.79 Å². The van der Waals surface area contributed by atoms with Crippen LogP contribution in [0, 0.1) is 0 Å². The van der Waals surface area contributed by atoms with E-state index in [0.29, 0.717) is 26.1 Å². The van der Waals surface area contributed by atoms with Gasteiger partial charge in [0.1, 0.15) is 6.10 Å². The summed E-state index contributed by atoms with van der Waals surface area (Å²) in [5.41, 5.74) is 1.76. The topological polar surface area (TPSA) is 78.9 Å². The molecule has 0 saturated carbocycles. The summed E-state index contributed by atoms with van der Waals surface area (Å²) in [5.74, 6) is -1.24. The van der Waals surface area contributed by atoms with Crippen LogP contribution in [0.5, 0.6) is 0 Å². The molecule has 1 aromatic carbocycles. The van der Waals surface area contributed by atoms with Crippen LogP contribution in [0.1, 0.15) is 17.9 Å². The van der Waals surface area contributed by atoms with E-state index in [4.69, 9.17) is 4.74 Å². The normalized spacial score (nSPS) is 24.8. The highest BCUT2D eigenvalue weighted by Gasteiger charge is 2.32. The average Bonchev–Trinajstić information content (AvgIpc) is 2.84. The van der Waals surface area contributed by atoms with E-state index in [1.165, 1.54) is 0 Å². The van der Waals surface area contributed by atoms with Crippen molar-refractivity contribution in [2.45, 2.75) is 18.4 Å². The highest BCUT2D eigenvalue weighted by Crippen LogP contribution is 2.35. The Morgan fingerprint density at radius 3 is 2.95 bits per heavy atom. The van der Waals surface area contributed by atoms with Gasteiger partial charge >= 0.3 is 12.1 Å². The molecule has 3 rings (SSSR count). The van der Waals surface area contributed by atoms with E-state index in [2.05, 4.69) is 10.2 Å². The van der Waals surface area contributed by atoms with Gasteiger partial charge in [-0.05, 0) is 18.1 Å². The van der Waals surface area contributed by atoms with Crippen LogP contribution in [0.2, 0.25) is 0 Å². The number of hydrogen-bond donors (Lipinski definition) is 2. The minimum absolute atomic E-state index is 0.183. The number of hydrogen-bond acceptors (Lipinski definition) is 4. The maximum Gasteiger partial charge on any atom is 0.407 e. The number of para-hydroxylation sites is 1. The number of amides is 1. The van der Waals surface area contributed by atoms with Crippen LogP contribution in [0.4, 0.5) is 10.5 Å². The number of aliphatic carboxylic acids is 1. The predicted molar refractivity (Wildman–Crippen MR) is 71.9 cm³/mol. The first-order chi connectivity index (χ1) is 9.65. The molecule has 2 heterocycles. The minimum atomic E-state index is -0.786. The molecule has 106 valence electrons. The Kier molecular flexibility index (Phi) is 3.22. The number of alkyl carbamates (subject to hydrolysis) is 1. The molecule has 2 aliphatic heterocycles. The van der Waals surface area contributed by atoms with E-state index in [0.717, 1.165) is 11.3 Å². The molecule has 2 unspecified atom stereocenters. The summed E-state index contributed by atoms with van der Waals surface area (Å²) in [5, 5.41) is 11.9. The number of benzene rings is 1. The first-order valence-corrected chi connectivity index (χ1v) is 6.66. The number of anilines is 1. The lowest BCUT2D eigenvalue weighted by Crippen LogP contribution is -2.39. The number of carboxylic acid groups (broad SMARTS) is 1. The lowest BCUT2D eigenvalue weighted by Gasteiger charge is -2.35. The summed E-state index contributed by atoms with van der Waals surface area (Å²) >= 11 is 0. The molecule has 6 nitrogen and oxygen atoms in total. The van der Waals surface area contributed by atoms with Crippen molar-refractivity contribution >= 4 is 17.7 Å². The number of rotatable bonds is 3. The van der Waals surface area contributed by atoms with Gasteiger partial charge in [0.15, 0.2) is 0 Å². The number of fused-ring (bicyclic) bond motifs is 1. The van der Waals surface area contributed by atoms with E-state index < -0.39 is 11.9 Å². The molecule has 0 aromatic heterocycles. The standard InChI is InChI=1S/C14H16N2O4/c17-13(18)11-5-6-16(8-9-7-15-14(19)20-9)12-4-2-1-3-10(11)12/h1-4,9,11H,5-8H2,(H,15,19)(H,17,18). The molecule has 1 saturated heterocycles. The predicted octanol–water partition coefficient (Wildman–Crippen LogP) is 1.17. The van der Waals surface area contributed by atoms with Crippen LogP contribution in [-0.4, -0.2) is 42.9 Å². The summed E-state index contributed by atoms with van der Waals surface area (Å²) in [6, 6.07) is 7.54. The summed E-state index contributed by atoms with van der Waals surface area (Å²) < 4.78 is 5.15. The van der Waals surface area contributed by atoms with E-state index in [1.807, 2.05) is 24.3 Å². The smallest absolute Gasteiger partial charge is 0.407 e. The third-order valence-electron chi connectivity index (χ3n) is 3.81. The van der Waals surface area contributed by atoms with Gasteiger partial charge in [0.05, 0.1) is 19.0 Å². The first kappa shape index (κ1) is 12.8. The second kappa shape index (κ2) is 5.03. The van der Waals surface area contributed by atoms with Gasteiger partial charge in [0, 0.05) is 12.2 Å². The number of carboxylic acids is 1. The Labute approximate surface area is 116 Å². The molecule has 2 atom stereocenters. The van der Waals surface area contributed by atoms with Crippen molar-refractivity contribution in [3.8, 4) is 0 Å². The number of nitrogens with zero attached hydrogens (tertiary/aromatic N) is 1. The van der Waals surface area contributed by atoms with Gasteiger partial charge in [-0.1, -0.05) is 18.2 Å². The zero-order valence-electron chi connectivity index (χ0n) is 10.9. The van der Waals surface area contributed by atoms with Gasteiger partial charge in [-0.2, -0.15) is 0 Å². The maximum absolute atomic E-state index is 11.3. The fourth-order valence-electron chi connectivity index (χ4n) is 2.86. The Balaban J connectivity index is 1.81. The molecule has 0 spiro atoms. The van der Waals surface area contributed by atoms with E-state index >= 15 is 0 Å². The zero-order valence-corrected chi connectivity index (χ0v) is 10.9. The van der Waals surface area contributed by atoms with E-state index in [1.54, 1.807) is 0 Å². The fourth-order valence-corrected chi connectivity index (χ4v) is 2.86. The molecule has 0 bridgehead atoms. The number of nitrogens with one attached hydrogen (secondary N) is 1. The van der Waals surface area contributed by atoms with Crippen molar-refractivity contribution in [3.05, 3.63) is 29.8 Å². The van der Waals surface area contributed by atoms with Crippen molar-refractivity contribution in [2.75, 3.05) is 24.5 Å². The Bertz CT molecular complexity index is 546. The molecule has 2 N–H and O–H groups in total. The summed E-state index contributed by atoms with van der Waals surface area (Å²) in [4.78, 5) is 24.5. The monoisotopic (exact) mass is 276 g/mol. The summed E-state index contributed by atoms with van der Waals surface area (Å²) in [7, 11) is 0. The molecule has 6 heteroatoms. The molecule has 1 aromatic rings. The van der Waals surface area contributed by atoms with Gasteiger partial charge in [-0.15, -0.1) is 0 Å². The second-order valence-electron chi connectivity index (χ2n) is 5.09. The second-order valence-corrected chi connectivity index (χ2v) is 5.09. The highest BCUT2D eigenvalue weighted by atomic mass is 16.6. The molecule has 1 fully saturated rings. The largest absolute Gasteiger partial charge is 0.481 e. The van der Waals surface area contributed by atoms with Crippen LogP contribution in [-0.2, 0) is 9.53 Å². The van der Waals surface area contributed by atoms with Crippen LogP contribution in [0.15, 0.2) is 24.3 Å². The minimum Gasteiger partial charge on any atom is -0.481 e. The lowest BCUT2D eigenvalue weighted by molar-refractivity contribution is -0.139. The molecule has 20 heavy (non-hydrogen) atoms. The fraction of sp³-hybridized carbons (Fsp3) is 0.429. The van der Waals surface area contributed by atoms with Crippen molar-refractivity contribution < 1.29 is 19.4 Å². The third kappa shape index (κ3) is 2.29. The molecule has 2 aliphatic rings. The number of carbonyl (C=O) groups excluding carboxylic acids is 1. The van der Waals surface area contributed by atoms with Crippen molar-refractivity contribution in [1.29, 1.82) is 0 Å².